The van der Waals surface area contributed by atoms with E-state index in [0.717, 1.165) is 26.6 Å². The number of esters is 1. The summed E-state index contributed by atoms with van der Waals surface area (Å²) in [4.78, 5) is 19.4. The molecule has 0 aliphatic carbocycles. The Balaban J connectivity index is 2.34. The molecule has 2 aromatic heterocycles. The van der Waals surface area contributed by atoms with E-state index in [9.17, 15) is 4.79 Å². The molecule has 0 bridgehead atoms. The summed E-state index contributed by atoms with van der Waals surface area (Å²) in [6.07, 6.45) is 1.51. The lowest BCUT2D eigenvalue weighted by molar-refractivity contribution is 0.0602. The zero-order valence-electron chi connectivity index (χ0n) is 11.0. The van der Waals surface area contributed by atoms with E-state index >= 15 is 0 Å². The van der Waals surface area contributed by atoms with Crippen molar-refractivity contribution in [3.8, 4) is 11.3 Å². The molecular formula is C15H10Br2N2O2. The SMILES string of the molecule is COC(=O)c1cnc(Br)c2[nH]c(-c3ccccc3)c(Br)c12. The van der Waals surface area contributed by atoms with Crippen molar-refractivity contribution in [1.82, 2.24) is 9.97 Å². The molecule has 0 fully saturated rings. The number of pyridine rings is 1. The number of benzene rings is 1. The summed E-state index contributed by atoms with van der Waals surface area (Å²) in [5, 5.41) is 0.752. The molecule has 0 saturated carbocycles. The van der Waals surface area contributed by atoms with Gasteiger partial charge in [0.15, 0.2) is 0 Å². The van der Waals surface area contributed by atoms with Crippen molar-refractivity contribution in [2.45, 2.75) is 0 Å². The van der Waals surface area contributed by atoms with Gasteiger partial charge in [0.05, 0.1) is 28.4 Å². The molecule has 1 aromatic carbocycles. The van der Waals surface area contributed by atoms with Gasteiger partial charge in [0.1, 0.15) is 4.60 Å². The van der Waals surface area contributed by atoms with Crippen molar-refractivity contribution >= 4 is 48.7 Å². The maximum absolute atomic E-state index is 11.9. The van der Waals surface area contributed by atoms with Crippen molar-refractivity contribution in [1.29, 1.82) is 0 Å². The zero-order chi connectivity index (χ0) is 15.0. The fraction of sp³-hybridized carbons (Fsp3) is 0.0667. The molecule has 3 rings (SSSR count). The molecule has 0 amide bonds. The van der Waals surface area contributed by atoms with Crippen molar-refractivity contribution in [3.05, 3.63) is 51.2 Å². The van der Waals surface area contributed by atoms with Gasteiger partial charge in [0, 0.05) is 11.6 Å². The number of ether oxygens (including phenoxy) is 1. The van der Waals surface area contributed by atoms with Crippen LogP contribution >= 0.6 is 31.9 Å². The fourth-order valence-electron chi connectivity index (χ4n) is 2.20. The Labute approximate surface area is 137 Å². The topological polar surface area (TPSA) is 55.0 Å². The Kier molecular flexibility index (Phi) is 3.82. The van der Waals surface area contributed by atoms with Crippen LogP contribution in [0.4, 0.5) is 0 Å². The number of aromatic amines is 1. The first-order valence-electron chi connectivity index (χ1n) is 6.13. The second kappa shape index (κ2) is 5.61. The van der Waals surface area contributed by atoms with E-state index in [4.69, 9.17) is 4.74 Å². The van der Waals surface area contributed by atoms with Crippen LogP contribution in [0.3, 0.4) is 0 Å². The quantitative estimate of drug-likeness (QED) is 0.499. The first kappa shape index (κ1) is 14.3. The molecule has 106 valence electrons. The van der Waals surface area contributed by atoms with Gasteiger partial charge in [-0.15, -0.1) is 0 Å². The van der Waals surface area contributed by atoms with Crippen molar-refractivity contribution in [2.24, 2.45) is 0 Å². The molecule has 4 nitrogen and oxygen atoms in total. The average Bonchev–Trinajstić information content (AvgIpc) is 2.87. The Hall–Kier alpha value is -1.66. The van der Waals surface area contributed by atoms with Gasteiger partial charge in [0.25, 0.3) is 0 Å². The minimum Gasteiger partial charge on any atom is -0.465 e. The van der Waals surface area contributed by atoms with Gasteiger partial charge in [-0.1, -0.05) is 30.3 Å². The minimum absolute atomic E-state index is 0.417. The van der Waals surface area contributed by atoms with Crippen LogP contribution in [0.5, 0.6) is 0 Å². The molecule has 0 unspecified atom stereocenters. The number of H-pyrrole nitrogens is 1. The van der Waals surface area contributed by atoms with Gasteiger partial charge in [-0.05, 0) is 37.4 Å². The standard InChI is InChI=1S/C15H10Br2N2O2/c1-21-15(20)9-7-18-14(17)13-10(9)11(16)12(19-13)8-5-3-2-4-6-8/h2-7,19H,1H3. The van der Waals surface area contributed by atoms with E-state index in [2.05, 4.69) is 41.8 Å². The number of methoxy groups -OCH3 is 1. The third kappa shape index (κ3) is 2.38. The predicted molar refractivity (Wildman–Crippen MR) is 88.3 cm³/mol. The van der Waals surface area contributed by atoms with Crippen LogP contribution in [0.15, 0.2) is 45.6 Å². The van der Waals surface area contributed by atoms with Crippen molar-refractivity contribution in [3.63, 3.8) is 0 Å². The van der Waals surface area contributed by atoms with Crippen LogP contribution in [0.2, 0.25) is 0 Å². The monoisotopic (exact) mass is 408 g/mol. The highest BCUT2D eigenvalue weighted by molar-refractivity contribution is 9.11. The number of carbonyl (C=O) groups excluding carboxylic acids is 1. The van der Waals surface area contributed by atoms with Crippen molar-refractivity contribution < 1.29 is 9.53 Å². The lowest BCUT2D eigenvalue weighted by Crippen LogP contribution is -2.02. The first-order chi connectivity index (χ1) is 10.1. The second-order valence-corrected chi connectivity index (χ2v) is 5.93. The van der Waals surface area contributed by atoms with Gasteiger partial charge in [0.2, 0.25) is 0 Å². The number of halogens is 2. The summed E-state index contributed by atoms with van der Waals surface area (Å²) in [6.45, 7) is 0. The van der Waals surface area contributed by atoms with Crippen LogP contribution in [0, 0.1) is 0 Å². The smallest absolute Gasteiger partial charge is 0.340 e. The Bertz CT molecular complexity index is 829. The van der Waals surface area contributed by atoms with Crippen molar-refractivity contribution in [2.75, 3.05) is 7.11 Å². The van der Waals surface area contributed by atoms with Gasteiger partial charge in [-0.25, -0.2) is 9.78 Å². The summed E-state index contributed by atoms with van der Waals surface area (Å²) < 4.78 is 6.28. The van der Waals surface area contributed by atoms with E-state index in [1.165, 1.54) is 13.3 Å². The third-order valence-corrected chi connectivity index (χ3v) is 4.58. The summed E-state index contributed by atoms with van der Waals surface area (Å²) in [5.41, 5.74) is 3.08. The van der Waals surface area contributed by atoms with Crippen LogP contribution < -0.4 is 0 Å². The predicted octanol–water partition coefficient (Wildman–Crippen LogP) is 4.54. The Morgan fingerprint density at radius 3 is 2.62 bits per heavy atom. The maximum atomic E-state index is 11.9. The van der Waals surface area contributed by atoms with Gasteiger partial charge < -0.3 is 9.72 Å². The molecule has 0 radical (unpaired) electrons. The first-order valence-corrected chi connectivity index (χ1v) is 7.71. The molecule has 2 heterocycles. The summed E-state index contributed by atoms with van der Waals surface area (Å²) in [5.74, 6) is -0.417. The summed E-state index contributed by atoms with van der Waals surface area (Å²) >= 11 is 6.99. The molecular weight excluding hydrogens is 400 g/mol. The molecule has 0 spiro atoms. The highest BCUT2D eigenvalue weighted by Crippen LogP contribution is 2.38. The Morgan fingerprint density at radius 2 is 1.95 bits per heavy atom. The number of hydrogen-bond donors (Lipinski definition) is 1. The normalized spacial score (nSPS) is 10.8. The molecule has 21 heavy (non-hydrogen) atoms. The fourth-order valence-corrected chi connectivity index (χ4v) is 3.34. The lowest BCUT2D eigenvalue weighted by atomic mass is 10.1. The van der Waals surface area contributed by atoms with E-state index in [1.807, 2.05) is 30.3 Å². The molecule has 3 aromatic rings. The molecule has 0 atom stereocenters. The number of nitrogens with one attached hydrogen (secondary N) is 1. The number of hydrogen-bond acceptors (Lipinski definition) is 3. The van der Waals surface area contributed by atoms with E-state index in [0.29, 0.717) is 10.2 Å². The number of nitrogens with zero attached hydrogens (tertiary/aromatic N) is 1. The van der Waals surface area contributed by atoms with Crippen LogP contribution in [0.1, 0.15) is 10.4 Å². The molecule has 1 N–H and O–H groups in total. The third-order valence-electron chi connectivity index (χ3n) is 3.19. The van der Waals surface area contributed by atoms with Crippen LogP contribution in [-0.2, 0) is 4.74 Å². The van der Waals surface area contributed by atoms with E-state index in [-0.39, 0.29) is 0 Å². The number of rotatable bonds is 2. The van der Waals surface area contributed by atoms with Gasteiger partial charge >= 0.3 is 5.97 Å². The highest BCUT2D eigenvalue weighted by atomic mass is 79.9. The molecule has 0 saturated heterocycles. The molecule has 0 aliphatic heterocycles. The number of carbonyl (C=O) groups is 1. The second-order valence-electron chi connectivity index (χ2n) is 4.38. The van der Waals surface area contributed by atoms with E-state index < -0.39 is 5.97 Å². The lowest BCUT2D eigenvalue weighted by Gasteiger charge is -2.02. The number of aromatic nitrogens is 2. The van der Waals surface area contributed by atoms with E-state index in [1.54, 1.807) is 0 Å². The minimum atomic E-state index is -0.417. The van der Waals surface area contributed by atoms with Crippen LogP contribution in [-0.4, -0.2) is 23.0 Å². The van der Waals surface area contributed by atoms with Gasteiger partial charge in [-0.3, -0.25) is 0 Å². The summed E-state index contributed by atoms with van der Waals surface area (Å²) in [7, 11) is 1.36. The van der Waals surface area contributed by atoms with Crippen LogP contribution in [0.25, 0.3) is 22.2 Å². The maximum Gasteiger partial charge on any atom is 0.340 e. The van der Waals surface area contributed by atoms with Gasteiger partial charge in [-0.2, -0.15) is 0 Å². The summed E-state index contributed by atoms with van der Waals surface area (Å²) in [6, 6.07) is 9.87. The largest absolute Gasteiger partial charge is 0.465 e. The number of fused-ring (bicyclic) bond motifs is 1. The highest BCUT2D eigenvalue weighted by Gasteiger charge is 2.20. The molecule has 6 heteroatoms. The zero-order valence-corrected chi connectivity index (χ0v) is 14.2. The average molecular weight is 410 g/mol. The molecule has 0 aliphatic rings. The Morgan fingerprint density at radius 1 is 1.24 bits per heavy atom.